The Labute approximate surface area is 210 Å². The van der Waals surface area contributed by atoms with E-state index in [1.807, 2.05) is 12.1 Å². The third kappa shape index (κ3) is 4.41. The van der Waals surface area contributed by atoms with Crippen molar-refractivity contribution in [3.8, 4) is 16.9 Å². The van der Waals surface area contributed by atoms with Crippen LogP contribution in [-0.2, 0) is 9.53 Å². The van der Waals surface area contributed by atoms with E-state index < -0.39 is 0 Å². The monoisotopic (exact) mass is 490 g/mol. The predicted octanol–water partition coefficient (Wildman–Crippen LogP) is 3.14. The van der Waals surface area contributed by atoms with Gasteiger partial charge < -0.3 is 25.5 Å². The fraction of sp³-hybridized carbons (Fsp3) is 0.519. The Balaban J connectivity index is 1.21. The van der Waals surface area contributed by atoms with Crippen molar-refractivity contribution < 1.29 is 14.3 Å². The fourth-order valence-electron chi connectivity index (χ4n) is 6.10. The average molecular weight is 491 g/mol. The maximum atomic E-state index is 11.8. The number of nitrogens with zero attached hydrogens (tertiary/aromatic N) is 4. The van der Waals surface area contributed by atoms with Crippen LogP contribution >= 0.6 is 0 Å². The van der Waals surface area contributed by atoms with Crippen molar-refractivity contribution in [2.45, 2.75) is 56.7 Å². The lowest BCUT2D eigenvalue weighted by Gasteiger charge is -2.39. The summed E-state index contributed by atoms with van der Waals surface area (Å²) in [6.07, 6.45) is 10.0. The molecule has 0 bridgehead atoms. The number of aromatic nitrogens is 3. The summed E-state index contributed by atoms with van der Waals surface area (Å²) in [6, 6.07) is 8.35. The number of amides is 1. The largest absolute Gasteiger partial charge is 0.491 e. The number of hydrogen-bond acceptors (Lipinski definition) is 7. The summed E-state index contributed by atoms with van der Waals surface area (Å²) >= 11 is 0. The van der Waals surface area contributed by atoms with E-state index in [4.69, 9.17) is 20.9 Å². The molecule has 190 valence electrons. The molecule has 1 aromatic carbocycles. The molecule has 2 atom stereocenters. The minimum atomic E-state index is -0.196. The van der Waals surface area contributed by atoms with E-state index in [2.05, 4.69) is 37.8 Å². The number of primary amides is 1. The van der Waals surface area contributed by atoms with E-state index >= 15 is 0 Å². The van der Waals surface area contributed by atoms with Crippen LogP contribution in [0.2, 0.25) is 0 Å². The number of likely N-dealkylation sites (tertiary alicyclic amines) is 1. The summed E-state index contributed by atoms with van der Waals surface area (Å²) in [7, 11) is 0. The third-order valence-electron chi connectivity index (χ3n) is 8.03. The van der Waals surface area contributed by atoms with Crippen molar-refractivity contribution in [1.29, 1.82) is 0 Å². The van der Waals surface area contributed by atoms with Gasteiger partial charge in [0.15, 0.2) is 0 Å². The number of carbonyl (C=O) groups excluding carboxylic acids is 1. The minimum absolute atomic E-state index is 0.106. The highest BCUT2D eigenvalue weighted by Crippen LogP contribution is 2.44. The van der Waals surface area contributed by atoms with Gasteiger partial charge in [0.2, 0.25) is 5.91 Å². The van der Waals surface area contributed by atoms with Crippen LogP contribution in [0, 0.1) is 5.92 Å². The van der Waals surface area contributed by atoms with E-state index in [9.17, 15) is 4.79 Å². The molecule has 1 aliphatic carbocycles. The highest BCUT2D eigenvalue weighted by molar-refractivity contribution is 6.00. The zero-order valence-corrected chi connectivity index (χ0v) is 20.5. The smallest absolute Gasteiger partial charge is 0.234 e. The predicted molar refractivity (Wildman–Crippen MR) is 137 cm³/mol. The second-order valence-corrected chi connectivity index (χ2v) is 10.4. The van der Waals surface area contributed by atoms with Gasteiger partial charge in [-0.2, -0.15) is 0 Å². The summed E-state index contributed by atoms with van der Waals surface area (Å²) in [4.78, 5) is 22.9. The minimum Gasteiger partial charge on any atom is -0.491 e. The molecule has 3 fully saturated rings. The number of anilines is 1. The van der Waals surface area contributed by atoms with Gasteiger partial charge in [0, 0.05) is 31.0 Å². The Kier molecular flexibility index (Phi) is 6.27. The molecule has 3 aromatic rings. The summed E-state index contributed by atoms with van der Waals surface area (Å²) in [5.41, 5.74) is 14.9. The van der Waals surface area contributed by atoms with Crippen LogP contribution in [0.1, 0.15) is 44.6 Å². The molecule has 0 spiro atoms. The Bertz CT molecular complexity index is 1250. The zero-order chi connectivity index (χ0) is 24.6. The van der Waals surface area contributed by atoms with Gasteiger partial charge in [-0.1, -0.05) is 12.1 Å². The summed E-state index contributed by atoms with van der Waals surface area (Å²) < 4.78 is 14.0. The van der Waals surface area contributed by atoms with Crippen LogP contribution in [0.25, 0.3) is 22.2 Å². The van der Waals surface area contributed by atoms with Crippen LogP contribution in [0.15, 0.2) is 36.8 Å². The lowest BCUT2D eigenvalue weighted by Crippen LogP contribution is -2.44. The van der Waals surface area contributed by atoms with Gasteiger partial charge in [-0.25, -0.2) is 9.97 Å². The molecule has 2 aromatic heterocycles. The molecule has 36 heavy (non-hydrogen) atoms. The second-order valence-electron chi connectivity index (χ2n) is 10.4. The number of ether oxygens (including phenoxy) is 2. The molecule has 9 nitrogen and oxygen atoms in total. The van der Waals surface area contributed by atoms with E-state index in [1.165, 1.54) is 6.33 Å². The van der Waals surface area contributed by atoms with Gasteiger partial charge in [0.1, 0.15) is 30.1 Å². The zero-order valence-electron chi connectivity index (χ0n) is 20.5. The van der Waals surface area contributed by atoms with Crippen molar-refractivity contribution in [3.63, 3.8) is 0 Å². The van der Waals surface area contributed by atoms with Crippen LogP contribution in [0.5, 0.6) is 5.75 Å². The van der Waals surface area contributed by atoms with Crippen molar-refractivity contribution >= 4 is 22.8 Å². The number of nitrogen functional groups attached to an aromatic ring is 1. The fourth-order valence-corrected chi connectivity index (χ4v) is 6.10. The number of hydrogen-bond donors (Lipinski definition) is 2. The topological polar surface area (TPSA) is 122 Å². The molecule has 9 heteroatoms. The van der Waals surface area contributed by atoms with Gasteiger partial charge in [-0.05, 0) is 68.7 Å². The van der Waals surface area contributed by atoms with E-state index in [1.54, 1.807) is 0 Å². The Morgan fingerprint density at radius 1 is 1.19 bits per heavy atom. The first-order chi connectivity index (χ1) is 17.6. The molecule has 1 amide bonds. The maximum absolute atomic E-state index is 11.8. The first kappa shape index (κ1) is 23.2. The molecule has 6 rings (SSSR count). The van der Waals surface area contributed by atoms with Crippen LogP contribution in [0.3, 0.4) is 0 Å². The Hall–Kier alpha value is -3.17. The lowest BCUT2D eigenvalue weighted by atomic mass is 9.79. The highest BCUT2D eigenvalue weighted by atomic mass is 16.5. The van der Waals surface area contributed by atoms with Gasteiger partial charge >= 0.3 is 0 Å². The first-order valence-corrected chi connectivity index (χ1v) is 13.1. The average Bonchev–Trinajstić information content (AvgIpc) is 3.60. The molecule has 1 unspecified atom stereocenters. The van der Waals surface area contributed by atoms with Gasteiger partial charge in [0.25, 0.3) is 0 Å². The van der Waals surface area contributed by atoms with E-state index in [-0.39, 0.29) is 18.1 Å². The molecular weight excluding hydrogens is 456 g/mol. The molecule has 2 aliphatic heterocycles. The summed E-state index contributed by atoms with van der Waals surface area (Å²) in [6.45, 7) is 3.27. The molecule has 3 aliphatic rings. The lowest BCUT2D eigenvalue weighted by molar-refractivity contribution is -0.122. The maximum Gasteiger partial charge on any atom is 0.234 e. The van der Waals surface area contributed by atoms with Crippen LogP contribution in [-0.4, -0.2) is 63.8 Å². The molecular formula is C27H34N6O3. The number of rotatable bonds is 8. The number of carbonyl (C=O) groups is 1. The van der Waals surface area contributed by atoms with Gasteiger partial charge in [0.05, 0.1) is 17.5 Å². The second kappa shape index (κ2) is 9.71. The van der Waals surface area contributed by atoms with Crippen molar-refractivity contribution in [2.24, 2.45) is 11.7 Å². The van der Waals surface area contributed by atoms with Crippen LogP contribution in [0.4, 0.5) is 5.82 Å². The summed E-state index contributed by atoms with van der Waals surface area (Å²) in [5, 5.41) is 0.880. The van der Waals surface area contributed by atoms with Gasteiger partial charge in [-0.15, -0.1) is 0 Å². The molecule has 0 radical (unpaired) electrons. The van der Waals surface area contributed by atoms with E-state index in [0.29, 0.717) is 24.4 Å². The number of fused-ring (bicyclic) bond motifs is 1. The standard InChI is InChI=1S/C27H34N6O3/c28-25-24-22(18-4-1-5-20(12-18)36-15-21-6-3-9-35-21)14-33(27(24)31-16-30-25)19-10-17(11-19)13-32-8-2-7-23(32)26(29)34/h1,4-5,12,14,16-17,19,21,23H,2-3,6-11,13,15H2,(H2,29,34)(H2,28,30,31)/t17?,19?,21-,23?/m0/s1. The Morgan fingerprint density at radius 2 is 2.08 bits per heavy atom. The van der Waals surface area contributed by atoms with Crippen molar-refractivity contribution in [3.05, 3.63) is 36.8 Å². The molecule has 4 heterocycles. The normalized spacial score (nSPS) is 26.3. The number of nitrogens with two attached hydrogens (primary N) is 2. The highest BCUT2D eigenvalue weighted by Gasteiger charge is 2.37. The van der Waals surface area contributed by atoms with Gasteiger partial charge in [-0.3, -0.25) is 9.69 Å². The molecule has 1 saturated carbocycles. The summed E-state index contributed by atoms with van der Waals surface area (Å²) in [5.74, 6) is 1.65. The molecule has 2 saturated heterocycles. The first-order valence-electron chi connectivity index (χ1n) is 13.1. The SMILES string of the molecule is NC(=O)C1CCCN1CC1CC(n2cc(-c3cccc(OC[C@@H]4CCCO4)c3)c3c(N)ncnc32)C1. The number of benzene rings is 1. The third-order valence-corrected chi connectivity index (χ3v) is 8.03. The van der Waals surface area contributed by atoms with Crippen molar-refractivity contribution in [2.75, 3.05) is 32.0 Å². The molecule has 4 N–H and O–H groups in total. The van der Waals surface area contributed by atoms with E-state index in [0.717, 1.165) is 86.1 Å². The Morgan fingerprint density at radius 3 is 2.89 bits per heavy atom. The van der Waals surface area contributed by atoms with Crippen molar-refractivity contribution in [1.82, 2.24) is 19.4 Å². The quantitative estimate of drug-likeness (QED) is 0.497. The van der Waals surface area contributed by atoms with Crippen LogP contribution < -0.4 is 16.2 Å².